The minimum absolute atomic E-state index is 0.104. The zero-order valence-corrected chi connectivity index (χ0v) is 19.4. The quantitative estimate of drug-likeness (QED) is 0.429. The third kappa shape index (κ3) is 4.21. The molecule has 0 bridgehead atoms. The summed E-state index contributed by atoms with van der Waals surface area (Å²) in [6.07, 6.45) is 8.30. The van der Waals surface area contributed by atoms with Crippen molar-refractivity contribution in [1.82, 2.24) is 29.7 Å². The Hall–Kier alpha value is -3.92. The molecule has 180 valence electrons. The van der Waals surface area contributed by atoms with Crippen LogP contribution in [0, 0.1) is 28.9 Å². The highest BCUT2D eigenvalue weighted by Crippen LogP contribution is 2.35. The fraction of sp³-hybridized carbons (Fsp3) is 0.318. The van der Waals surface area contributed by atoms with Crippen LogP contribution in [0.4, 0.5) is 14.6 Å². The number of nitriles is 1. The van der Waals surface area contributed by atoms with E-state index < -0.39 is 26.5 Å². The van der Waals surface area contributed by atoms with Crippen LogP contribution in [-0.4, -0.2) is 57.5 Å². The van der Waals surface area contributed by atoms with Crippen LogP contribution in [0.3, 0.4) is 0 Å². The van der Waals surface area contributed by atoms with Crippen molar-refractivity contribution in [1.29, 1.82) is 5.26 Å². The third-order valence-electron chi connectivity index (χ3n) is 6.17. The molecule has 0 aromatic carbocycles. The molecule has 35 heavy (non-hydrogen) atoms. The standard InChI is InChI=1S/C22H20F2N8O2S/c1-35(33,34)22-17(24)8-16(23)21(30-22)31-7-4-13(10-31)18(2-5-25)32-11-14(9-29-32)19-15-3-6-26-20(15)28-12-27-19/h3,6,8-9,11-13,18H,2,4,7,10H2,1H3,(H,26,27,28)/t13-,18-/m0/s1. The van der Waals surface area contributed by atoms with Crippen LogP contribution in [0.2, 0.25) is 0 Å². The number of aromatic nitrogens is 6. The average molecular weight is 499 g/mol. The molecular weight excluding hydrogens is 478 g/mol. The lowest BCUT2D eigenvalue weighted by Gasteiger charge is -2.23. The highest BCUT2D eigenvalue weighted by molar-refractivity contribution is 7.90. The number of hydrogen-bond acceptors (Lipinski definition) is 8. The first kappa shape index (κ1) is 22.9. The van der Waals surface area contributed by atoms with Crippen LogP contribution in [0.15, 0.2) is 42.1 Å². The number of H-pyrrole nitrogens is 1. The van der Waals surface area contributed by atoms with Crippen molar-refractivity contribution >= 4 is 26.7 Å². The van der Waals surface area contributed by atoms with Gasteiger partial charge in [-0.3, -0.25) is 4.68 Å². The molecule has 5 heterocycles. The number of pyridine rings is 1. The van der Waals surface area contributed by atoms with Gasteiger partial charge >= 0.3 is 0 Å². The van der Waals surface area contributed by atoms with Gasteiger partial charge in [-0.1, -0.05) is 0 Å². The number of nitrogens with zero attached hydrogens (tertiary/aromatic N) is 7. The van der Waals surface area contributed by atoms with Crippen molar-refractivity contribution in [3.05, 3.63) is 48.7 Å². The molecule has 1 aliphatic heterocycles. The number of halogens is 2. The highest BCUT2D eigenvalue weighted by atomic mass is 32.2. The van der Waals surface area contributed by atoms with E-state index in [9.17, 15) is 22.5 Å². The first-order valence-corrected chi connectivity index (χ1v) is 12.7. The van der Waals surface area contributed by atoms with E-state index in [4.69, 9.17) is 0 Å². The van der Waals surface area contributed by atoms with Gasteiger partial charge in [-0.15, -0.1) is 0 Å². The Morgan fingerprint density at radius 3 is 2.91 bits per heavy atom. The molecule has 2 atom stereocenters. The second-order valence-electron chi connectivity index (χ2n) is 8.45. The largest absolute Gasteiger partial charge is 0.354 e. The summed E-state index contributed by atoms with van der Waals surface area (Å²) in [5, 5.41) is 14.0. The summed E-state index contributed by atoms with van der Waals surface area (Å²) in [5.74, 6) is -2.49. The molecule has 0 saturated carbocycles. The van der Waals surface area contributed by atoms with Crippen LogP contribution in [0.25, 0.3) is 22.3 Å². The molecule has 13 heteroatoms. The Balaban J connectivity index is 1.42. The van der Waals surface area contributed by atoms with E-state index in [-0.39, 0.29) is 24.2 Å². The number of aromatic amines is 1. The average Bonchev–Trinajstić information content (AvgIpc) is 3.57. The Morgan fingerprint density at radius 2 is 2.14 bits per heavy atom. The van der Waals surface area contributed by atoms with Crippen molar-refractivity contribution < 1.29 is 17.2 Å². The smallest absolute Gasteiger partial charge is 0.195 e. The third-order valence-corrected chi connectivity index (χ3v) is 7.16. The molecular formula is C22H20F2N8O2S. The Labute approximate surface area is 199 Å². The maximum Gasteiger partial charge on any atom is 0.195 e. The monoisotopic (exact) mass is 498 g/mol. The van der Waals surface area contributed by atoms with Gasteiger partial charge in [0.05, 0.1) is 30.4 Å². The number of hydrogen-bond donors (Lipinski definition) is 1. The van der Waals surface area contributed by atoms with E-state index in [1.807, 2.05) is 12.3 Å². The molecule has 1 aliphatic rings. The van der Waals surface area contributed by atoms with Crippen molar-refractivity contribution in [3.8, 4) is 17.3 Å². The van der Waals surface area contributed by atoms with Crippen molar-refractivity contribution in [2.45, 2.75) is 23.9 Å². The molecule has 4 aromatic rings. The van der Waals surface area contributed by atoms with Gasteiger partial charge in [0.2, 0.25) is 0 Å². The number of sulfone groups is 1. The molecule has 0 spiro atoms. The molecule has 10 nitrogen and oxygen atoms in total. The first-order valence-electron chi connectivity index (χ1n) is 10.8. The van der Waals surface area contributed by atoms with Crippen molar-refractivity contribution in [2.75, 3.05) is 24.2 Å². The van der Waals surface area contributed by atoms with Crippen LogP contribution < -0.4 is 4.90 Å². The topological polar surface area (TPSA) is 133 Å². The minimum atomic E-state index is -3.97. The van der Waals surface area contributed by atoms with Gasteiger partial charge in [-0.05, 0) is 12.5 Å². The van der Waals surface area contributed by atoms with E-state index in [0.717, 1.165) is 17.2 Å². The molecule has 1 N–H and O–H groups in total. The van der Waals surface area contributed by atoms with Gasteiger partial charge < -0.3 is 9.88 Å². The normalized spacial score (nSPS) is 17.1. The lowest BCUT2D eigenvalue weighted by Crippen LogP contribution is -2.27. The lowest BCUT2D eigenvalue weighted by atomic mass is 9.96. The van der Waals surface area contributed by atoms with Gasteiger partial charge in [0.25, 0.3) is 0 Å². The summed E-state index contributed by atoms with van der Waals surface area (Å²) in [5.41, 5.74) is 2.17. The van der Waals surface area contributed by atoms with Crippen LogP contribution in [0.1, 0.15) is 18.9 Å². The molecule has 0 unspecified atom stereocenters. The molecule has 0 amide bonds. The van der Waals surface area contributed by atoms with Crippen molar-refractivity contribution in [3.63, 3.8) is 0 Å². The van der Waals surface area contributed by atoms with Gasteiger partial charge in [-0.25, -0.2) is 32.2 Å². The van der Waals surface area contributed by atoms with E-state index in [0.29, 0.717) is 36.9 Å². The summed E-state index contributed by atoms with van der Waals surface area (Å²) in [4.78, 5) is 17.0. The van der Waals surface area contributed by atoms with Crippen LogP contribution in [0.5, 0.6) is 0 Å². The van der Waals surface area contributed by atoms with Crippen LogP contribution in [-0.2, 0) is 9.84 Å². The van der Waals surface area contributed by atoms with E-state index in [2.05, 4.69) is 31.1 Å². The molecule has 0 radical (unpaired) electrons. The Kier molecular flexibility index (Phi) is 5.68. The molecule has 0 aliphatic carbocycles. The van der Waals surface area contributed by atoms with E-state index in [1.165, 1.54) is 6.33 Å². The first-order chi connectivity index (χ1) is 16.8. The molecule has 1 saturated heterocycles. The summed E-state index contributed by atoms with van der Waals surface area (Å²) in [7, 11) is -3.97. The van der Waals surface area contributed by atoms with Crippen molar-refractivity contribution in [2.24, 2.45) is 5.92 Å². The summed E-state index contributed by atoms with van der Waals surface area (Å²) < 4.78 is 54.0. The second kappa shape index (κ2) is 8.70. The fourth-order valence-corrected chi connectivity index (χ4v) is 5.20. The molecule has 1 fully saturated rings. The maximum absolute atomic E-state index is 14.5. The predicted octanol–water partition coefficient (Wildman–Crippen LogP) is 2.88. The zero-order valence-electron chi connectivity index (χ0n) is 18.6. The SMILES string of the molecule is CS(=O)(=O)c1nc(N2CC[C@H]([C@H](CC#N)n3cc(-c4ncnc5[nH]ccc45)cn3)C2)c(F)cc1F. The number of rotatable bonds is 6. The van der Waals surface area contributed by atoms with Gasteiger partial charge in [0.15, 0.2) is 32.3 Å². The fourth-order valence-electron chi connectivity index (χ4n) is 4.53. The van der Waals surface area contributed by atoms with Crippen LogP contribution >= 0.6 is 0 Å². The number of fused-ring (bicyclic) bond motifs is 1. The summed E-state index contributed by atoms with van der Waals surface area (Å²) >= 11 is 0. The van der Waals surface area contributed by atoms with Gasteiger partial charge in [-0.2, -0.15) is 10.4 Å². The lowest BCUT2D eigenvalue weighted by molar-refractivity contribution is 0.331. The number of nitrogens with one attached hydrogen (secondary N) is 1. The zero-order chi connectivity index (χ0) is 24.7. The highest BCUT2D eigenvalue weighted by Gasteiger charge is 2.34. The number of anilines is 1. The maximum atomic E-state index is 14.5. The molecule has 4 aromatic heterocycles. The van der Waals surface area contributed by atoms with Gasteiger partial charge in [0.1, 0.15) is 12.0 Å². The summed E-state index contributed by atoms with van der Waals surface area (Å²) in [6, 6.07) is 4.29. The second-order valence-corrected chi connectivity index (χ2v) is 10.4. The minimum Gasteiger partial charge on any atom is -0.354 e. The van der Waals surface area contributed by atoms with E-state index >= 15 is 0 Å². The predicted molar refractivity (Wildman–Crippen MR) is 122 cm³/mol. The van der Waals surface area contributed by atoms with E-state index in [1.54, 1.807) is 22.0 Å². The Morgan fingerprint density at radius 1 is 1.31 bits per heavy atom. The summed E-state index contributed by atoms with van der Waals surface area (Å²) in [6.45, 7) is 0.672. The Bertz CT molecular complexity index is 1560. The van der Waals surface area contributed by atoms with Gasteiger partial charge in [0, 0.05) is 54.7 Å². The molecule has 5 rings (SSSR count).